The van der Waals surface area contributed by atoms with Gasteiger partial charge in [-0.05, 0) is 36.4 Å². The van der Waals surface area contributed by atoms with Gasteiger partial charge in [-0.25, -0.2) is 8.84 Å². The summed E-state index contributed by atoms with van der Waals surface area (Å²) in [6, 6.07) is 0. The Morgan fingerprint density at radius 2 is 0.722 bits per heavy atom. The molecule has 0 saturated carbocycles. The highest BCUT2D eigenvalue weighted by atomic mass is 35.5. The Labute approximate surface area is 124 Å². The fourth-order valence-electron chi connectivity index (χ4n) is 2.07. The third kappa shape index (κ3) is 16.5. The molecule has 110 valence electrons. The Bertz CT molecular complexity index is 146. The second-order valence-corrected chi connectivity index (χ2v) is 6.35. The Balaban J connectivity index is 2.95. The molecule has 0 radical (unpaired) electrons. The summed E-state index contributed by atoms with van der Waals surface area (Å²) in [5.41, 5.74) is 0. The molecule has 0 heterocycles. The quantitative estimate of drug-likeness (QED) is 0.346. The van der Waals surface area contributed by atoms with Crippen LogP contribution < -0.4 is 0 Å². The highest BCUT2D eigenvalue weighted by Gasteiger charge is 1.95. The lowest BCUT2D eigenvalue weighted by Gasteiger charge is -2.07. The molecule has 2 nitrogen and oxygen atoms in total. The lowest BCUT2D eigenvalue weighted by Crippen LogP contribution is -2.05. The van der Waals surface area contributed by atoms with E-state index in [0.29, 0.717) is 0 Å². The number of halogens is 2. The fraction of sp³-hybridized carbons (Fsp3) is 1.00. The van der Waals surface area contributed by atoms with Crippen LogP contribution in [0.3, 0.4) is 0 Å². The molecule has 0 spiro atoms. The van der Waals surface area contributed by atoms with Gasteiger partial charge < -0.3 is 0 Å². The van der Waals surface area contributed by atoms with Crippen molar-refractivity contribution in [1.82, 2.24) is 8.84 Å². The van der Waals surface area contributed by atoms with E-state index < -0.39 is 0 Å². The zero-order valence-electron chi connectivity index (χ0n) is 12.1. The summed E-state index contributed by atoms with van der Waals surface area (Å²) in [5.74, 6) is 0. The van der Waals surface area contributed by atoms with Crippen molar-refractivity contribution in [1.29, 1.82) is 0 Å². The van der Waals surface area contributed by atoms with Crippen molar-refractivity contribution in [3.8, 4) is 0 Å². The Morgan fingerprint density at radius 1 is 0.500 bits per heavy atom. The van der Waals surface area contributed by atoms with E-state index in [-0.39, 0.29) is 0 Å². The zero-order chi connectivity index (χ0) is 13.6. The molecule has 0 aliphatic carbocycles. The van der Waals surface area contributed by atoms with Gasteiger partial charge in [0.05, 0.1) is 0 Å². The van der Waals surface area contributed by atoms with Gasteiger partial charge in [-0.2, -0.15) is 0 Å². The van der Waals surface area contributed by atoms with Gasteiger partial charge in [0.2, 0.25) is 0 Å². The Morgan fingerprint density at radius 3 is 0.944 bits per heavy atom. The largest absolute Gasteiger partial charge is 0.223 e. The highest BCUT2D eigenvalue weighted by molar-refractivity contribution is 6.13. The number of unbranched alkanes of at least 4 members (excludes halogenated alkanes) is 9. The molecule has 0 aliphatic heterocycles. The van der Waals surface area contributed by atoms with Gasteiger partial charge in [0, 0.05) is 27.2 Å². The average Bonchev–Trinajstić information content (AvgIpc) is 2.29. The van der Waals surface area contributed by atoms with Crippen LogP contribution in [0, 0.1) is 0 Å². The molecule has 0 aliphatic rings. The molecule has 0 rings (SSSR count). The summed E-state index contributed by atoms with van der Waals surface area (Å²) in [6.45, 7) is 2.02. The molecule has 0 atom stereocenters. The lowest BCUT2D eigenvalue weighted by atomic mass is 10.1. The molecular formula is C14H30Cl2N2. The van der Waals surface area contributed by atoms with E-state index in [4.69, 9.17) is 23.6 Å². The molecule has 0 amide bonds. The second kappa shape index (κ2) is 13.9. The van der Waals surface area contributed by atoms with Gasteiger partial charge in [-0.3, -0.25) is 0 Å². The Kier molecular flexibility index (Phi) is 14.3. The molecule has 0 aromatic carbocycles. The van der Waals surface area contributed by atoms with E-state index >= 15 is 0 Å². The second-order valence-electron chi connectivity index (χ2n) is 5.19. The normalized spacial score (nSPS) is 11.7. The maximum atomic E-state index is 5.74. The minimum Gasteiger partial charge on any atom is -0.223 e. The van der Waals surface area contributed by atoms with Gasteiger partial charge in [0.25, 0.3) is 0 Å². The van der Waals surface area contributed by atoms with Crippen LogP contribution in [0.2, 0.25) is 0 Å². The molecule has 18 heavy (non-hydrogen) atoms. The van der Waals surface area contributed by atoms with Crippen molar-refractivity contribution in [3.05, 3.63) is 0 Å². The van der Waals surface area contributed by atoms with Gasteiger partial charge in [0.1, 0.15) is 0 Å². The van der Waals surface area contributed by atoms with Gasteiger partial charge >= 0.3 is 0 Å². The van der Waals surface area contributed by atoms with Crippen LogP contribution in [-0.2, 0) is 0 Å². The molecule has 0 fully saturated rings. The third-order valence-corrected chi connectivity index (χ3v) is 3.52. The summed E-state index contributed by atoms with van der Waals surface area (Å²) in [4.78, 5) is 0. The van der Waals surface area contributed by atoms with Crippen molar-refractivity contribution < 1.29 is 0 Å². The average molecular weight is 297 g/mol. The van der Waals surface area contributed by atoms with Crippen LogP contribution in [0.25, 0.3) is 0 Å². The molecular weight excluding hydrogens is 267 g/mol. The molecule has 0 N–H and O–H groups in total. The molecule has 0 bridgehead atoms. The van der Waals surface area contributed by atoms with E-state index in [1.807, 2.05) is 14.1 Å². The van der Waals surface area contributed by atoms with Crippen LogP contribution in [0.15, 0.2) is 0 Å². The van der Waals surface area contributed by atoms with E-state index in [1.54, 1.807) is 8.84 Å². The molecule has 4 heteroatoms. The van der Waals surface area contributed by atoms with Crippen LogP contribution in [-0.4, -0.2) is 36.0 Å². The van der Waals surface area contributed by atoms with E-state index in [0.717, 1.165) is 13.1 Å². The highest BCUT2D eigenvalue weighted by Crippen LogP contribution is 2.11. The van der Waals surface area contributed by atoms with Crippen LogP contribution in [0.5, 0.6) is 0 Å². The molecule has 0 saturated heterocycles. The fourth-order valence-corrected chi connectivity index (χ4v) is 2.31. The summed E-state index contributed by atoms with van der Waals surface area (Å²) >= 11 is 11.5. The van der Waals surface area contributed by atoms with E-state index in [1.165, 1.54) is 64.2 Å². The van der Waals surface area contributed by atoms with Crippen molar-refractivity contribution in [3.63, 3.8) is 0 Å². The predicted molar refractivity (Wildman–Crippen MR) is 83.1 cm³/mol. The number of rotatable bonds is 13. The lowest BCUT2D eigenvalue weighted by molar-refractivity contribution is 0.481. The maximum absolute atomic E-state index is 5.74. The van der Waals surface area contributed by atoms with E-state index in [2.05, 4.69) is 0 Å². The maximum Gasteiger partial charge on any atom is 0.0135 e. The first kappa shape index (κ1) is 18.5. The van der Waals surface area contributed by atoms with E-state index in [9.17, 15) is 0 Å². The van der Waals surface area contributed by atoms with Crippen molar-refractivity contribution in [2.75, 3.05) is 27.2 Å². The third-order valence-electron chi connectivity index (χ3n) is 3.18. The van der Waals surface area contributed by atoms with Crippen LogP contribution >= 0.6 is 23.6 Å². The standard InChI is InChI=1S/C14H30Cl2N2/c1-17(15)13-11-9-7-5-3-4-6-8-10-12-14-18(2)16/h3-14H2,1-2H3. The van der Waals surface area contributed by atoms with Crippen molar-refractivity contribution in [2.45, 2.75) is 64.2 Å². The zero-order valence-corrected chi connectivity index (χ0v) is 13.6. The predicted octanol–water partition coefficient (Wildman–Crippen LogP) is 5.06. The first-order valence-electron chi connectivity index (χ1n) is 7.36. The smallest absolute Gasteiger partial charge is 0.0135 e. The number of hydrogen-bond donors (Lipinski definition) is 0. The molecule has 0 unspecified atom stereocenters. The first-order chi connectivity index (χ1) is 8.63. The Hall–Kier alpha value is 0.500. The first-order valence-corrected chi connectivity index (χ1v) is 8.04. The SMILES string of the molecule is CN(Cl)CCCCCCCCCCCCN(C)Cl. The van der Waals surface area contributed by atoms with Crippen molar-refractivity contribution in [2.24, 2.45) is 0 Å². The molecule has 0 aromatic rings. The minimum absolute atomic E-state index is 1.01. The number of hydrogen-bond acceptors (Lipinski definition) is 2. The summed E-state index contributed by atoms with van der Waals surface area (Å²) in [7, 11) is 3.84. The molecule has 0 aromatic heterocycles. The summed E-state index contributed by atoms with van der Waals surface area (Å²) in [5, 5.41) is 0. The van der Waals surface area contributed by atoms with Crippen LogP contribution in [0.4, 0.5) is 0 Å². The number of nitrogens with zero attached hydrogens (tertiary/aromatic N) is 2. The van der Waals surface area contributed by atoms with Gasteiger partial charge in [-0.1, -0.05) is 51.4 Å². The monoisotopic (exact) mass is 296 g/mol. The van der Waals surface area contributed by atoms with Gasteiger partial charge in [-0.15, -0.1) is 0 Å². The van der Waals surface area contributed by atoms with Crippen molar-refractivity contribution >= 4 is 23.6 Å². The summed E-state index contributed by atoms with van der Waals surface area (Å²) in [6.07, 6.45) is 13.4. The minimum atomic E-state index is 1.01. The topological polar surface area (TPSA) is 6.48 Å². The van der Waals surface area contributed by atoms with Gasteiger partial charge in [0.15, 0.2) is 0 Å². The van der Waals surface area contributed by atoms with Crippen LogP contribution in [0.1, 0.15) is 64.2 Å². The summed E-state index contributed by atoms with van der Waals surface area (Å²) < 4.78 is 3.50.